The van der Waals surface area contributed by atoms with Crippen molar-refractivity contribution in [3.8, 4) is 16.9 Å². The van der Waals surface area contributed by atoms with Gasteiger partial charge in [0, 0.05) is 24.0 Å². The number of nitrogens with zero attached hydrogens (tertiary/aromatic N) is 2. The number of hydrogen-bond donors (Lipinski definition) is 1. The van der Waals surface area contributed by atoms with Crippen molar-refractivity contribution in [2.24, 2.45) is 5.10 Å². The molecule has 1 atom stereocenters. The van der Waals surface area contributed by atoms with Gasteiger partial charge in [-0.25, -0.2) is 4.39 Å². The highest BCUT2D eigenvalue weighted by Gasteiger charge is 2.43. The number of carboxylic acid groups (broad SMARTS) is 1. The number of carbonyl (C=O) groups is 1. The molecule has 1 heterocycles. The lowest BCUT2D eigenvalue weighted by atomic mass is 9.94. The first kappa shape index (κ1) is 25.2. The van der Waals surface area contributed by atoms with Crippen LogP contribution in [0.25, 0.3) is 11.1 Å². The second kappa shape index (κ2) is 10.0. The van der Waals surface area contributed by atoms with E-state index in [2.05, 4.69) is 5.10 Å². The Hall–Kier alpha value is -3.88. The molecule has 0 fully saturated rings. The van der Waals surface area contributed by atoms with Crippen molar-refractivity contribution in [2.75, 3.05) is 12.1 Å². The maximum absolute atomic E-state index is 14.3. The SMILES string of the molecule is COc1cc(-c2ccccc2F)cc(C)c1Cc1ccc(N2N=C(C(F)(F)F)CC2CC(=O)O)cc1. The highest BCUT2D eigenvalue weighted by molar-refractivity contribution is 5.94. The Morgan fingerprint density at radius 3 is 2.44 bits per heavy atom. The summed E-state index contributed by atoms with van der Waals surface area (Å²) in [5.74, 6) is -0.929. The van der Waals surface area contributed by atoms with Gasteiger partial charge >= 0.3 is 12.1 Å². The number of halogens is 4. The number of alkyl halides is 3. The lowest BCUT2D eigenvalue weighted by molar-refractivity contribution is -0.137. The van der Waals surface area contributed by atoms with Crippen molar-refractivity contribution >= 4 is 17.4 Å². The number of ether oxygens (including phenoxy) is 1. The van der Waals surface area contributed by atoms with Crippen LogP contribution >= 0.6 is 0 Å². The Labute approximate surface area is 205 Å². The molecule has 3 aromatic rings. The summed E-state index contributed by atoms with van der Waals surface area (Å²) in [7, 11) is 1.54. The first-order valence-electron chi connectivity index (χ1n) is 11.2. The van der Waals surface area contributed by atoms with Crippen LogP contribution < -0.4 is 9.75 Å². The van der Waals surface area contributed by atoms with E-state index < -0.39 is 36.7 Å². The van der Waals surface area contributed by atoms with E-state index in [1.165, 1.54) is 6.07 Å². The highest BCUT2D eigenvalue weighted by atomic mass is 19.4. The topological polar surface area (TPSA) is 62.1 Å². The normalized spacial score (nSPS) is 15.7. The molecular formula is C27H24F4N2O3. The smallest absolute Gasteiger partial charge is 0.431 e. The molecule has 188 valence electrons. The zero-order valence-corrected chi connectivity index (χ0v) is 19.6. The standard InChI is InChI=1S/C27H24F4N2O3/c1-16-11-18(21-5-3-4-6-23(21)28)13-24(36-2)22(16)12-17-7-9-19(10-8-17)33-20(15-26(34)35)14-25(32-33)27(29,30)31/h3-11,13,20H,12,14-15H2,1-2H3,(H,34,35). The summed E-state index contributed by atoms with van der Waals surface area (Å²) in [6.45, 7) is 1.91. The Morgan fingerprint density at radius 1 is 1.14 bits per heavy atom. The van der Waals surface area contributed by atoms with Crippen LogP contribution in [-0.4, -0.2) is 36.1 Å². The number of aryl methyl sites for hydroxylation is 1. The average Bonchev–Trinajstić information content (AvgIpc) is 3.24. The molecule has 3 aromatic carbocycles. The minimum Gasteiger partial charge on any atom is -0.496 e. The number of hydrogen-bond acceptors (Lipinski definition) is 4. The summed E-state index contributed by atoms with van der Waals surface area (Å²) in [6, 6.07) is 16.0. The molecule has 0 radical (unpaired) electrons. The Bertz CT molecular complexity index is 1300. The van der Waals surface area contributed by atoms with Crippen molar-refractivity contribution in [1.82, 2.24) is 0 Å². The second-order valence-corrected chi connectivity index (χ2v) is 8.64. The van der Waals surface area contributed by atoms with Gasteiger partial charge in [0.2, 0.25) is 0 Å². The second-order valence-electron chi connectivity index (χ2n) is 8.64. The zero-order valence-electron chi connectivity index (χ0n) is 19.6. The van der Waals surface area contributed by atoms with E-state index in [1.807, 2.05) is 13.0 Å². The third-order valence-corrected chi connectivity index (χ3v) is 6.16. The Balaban J connectivity index is 1.60. The fraction of sp³-hybridized carbons (Fsp3) is 0.259. The largest absolute Gasteiger partial charge is 0.496 e. The van der Waals surface area contributed by atoms with Gasteiger partial charge in [0.15, 0.2) is 0 Å². The molecule has 1 unspecified atom stereocenters. The van der Waals surface area contributed by atoms with Crippen LogP contribution in [0.15, 0.2) is 65.8 Å². The molecule has 5 nitrogen and oxygen atoms in total. The summed E-state index contributed by atoms with van der Waals surface area (Å²) >= 11 is 0. The quantitative estimate of drug-likeness (QED) is 0.383. The predicted molar refractivity (Wildman–Crippen MR) is 129 cm³/mol. The maximum atomic E-state index is 14.3. The van der Waals surface area contributed by atoms with E-state index in [9.17, 15) is 22.4 Å². The summed E-state index contributed by atoms with van der Waals surface area (Å²) < 4.78 is 59.5. The van der Waals surface area contributed by atoms with Crippen LogP contribution in [0.5, 0.6) is 5.75 Å². The van der Waals surface area contributed by atoms with E-state index in [-0.39, 0.29) is 5.82 Å². The zero-order chi connectivity index (χ0) is 26.0. The number of hydrazone groups is 1. The molecule has 9 heteroatoms. The number of benzene rings is 3. The van der Waals surface area contributed by atoms with Gasteiger partial charge < -0.3 is 9.84 Å². The highest BCUT2D eigenvalue weighted by Crippen LogP contribution is 2.35. The summed E-state index contributed by atoms with van der Waals surface area (Å²) in [6.07, 6.45) is -5.09. The summed E-state index contributed by atoms with van der Waals surface area (Å²) in [5.41, 5.74) is 3.21. The first-order chi connectivity index (χ1) is 17.1. The molecule has 36 heavy (non-hydrogen) atoms. The molecule has 0 spiro atoms. The van der Waals surface area contributed by atoms with Crippen molar-refractivity contribution in [3.63, 3.8) is 0 Å². The number of anilines is 1. The van der Waals surface area contributed by atoms with E-state index in [1.54, 1.807) is 55.6 Å². The summed E-state index contributed by atoms with van der Waals surface area (Å²) in [5, 5.41) is 13.9. The minimum atomic E-state index is -4.62. The van der Waals surface area contributed by atoms with E-state index >= 15 is 0 Å². The molecule has 0 amide bonds. The van der Waals surface area contributed by atoms with Gasteiger partial charge in [0.1, 0.15) is 17.3 Å². The molecular weight excluding hydrogens is 476 g/mol. The van der Waals surface area contributed by atoms with Crippen molar-refractivity contribution < 1.29 is 32.2 Å². The predicted octanol–water partition coefficient (Wildman–Crippen LogP) is 6.37. The van der Waals surface area contributed by atoms with E-state index in [4.69, 9.17) is 9.84 Å². The summed E-state index contributed by atoms with van der Waals surface area (Å²) in [4.78, 5) is 11.2. The third kappa shape index (κ3) is 5.35. The van der Waals surface area contributed by atoms with Crippen LogP contribution in [0.3, 0.4) is 0 Å². The van der Waals surface area contributed by atoms with Gasteiger partial charge in [-0.15, -0.1) is 0 Å². The number of methoxy groups -OCH3 is 1. The minimum absolute atomic E-state index is 0.332. The number of carboxylic acids is 1. The number of aliphatic carboxylic acids is 1. The van der Waals surface area contributed by atoms with Crippen molar-refractivity contribution in [3.05, 3.63) is 83.2 Å². The maximum Gasteiger partial charge on any atom is 0.431 e. The van der Waals surface area contributed by atoms with Crippen LogP contribution in [-0.2, 0) is 11.2 Å². The van der Waals surface area contributed by atoms with Gasteiger partial charge in [-0.3, -0.25) is 9.80 Å². The molecule has 1 N–H and O–H groups in total. The molecule has 0 aliphatic carbocycles. The van der Waals surface area contributed by atoms with Crippen molar-refractivity contribution in [1.29, 1.82) is 0 Å². The lowest BCUT2D eigenvalue weighted by Gasteiger charge is -2.22. The van der Waals surface area contributed by atoms with Crippen LogP contribution in [0.4, 0.5) is 23.2 Å². The molecule has 0 aromatic heterocycles. The van der Waals surface area contributed by atoms with Crippen molar-refractivity contribution in [2.45, 2.75) is 38.4 Å². The van der Waals surface area contributed by atoms with E-state index in [0.29, 0.717) is 29.0 Å². The molecule has 0 bridgehead atoms. The number of rotatable bonds is 7. The lowest BCUT2D eigenvalue weighted by Crippen LogP contribution is -2.29. The van der Waals surface area contributed by atoms with Gasteiger partial charge in [-0.05, 0) is 47.9 Å². The third-order valence-electron chi connectivity index (χ3n) is 6.16. The van der Waals surface area contributed by atoms with E-state index in [0.717, 1.165) is 21.7 Å². The van der Waals surface area contributed by atoms with Crippen LogP contribution in [0.2, 0.25) is 0 Å². The van der Waals surface area contributed by atoms with Gasteiger partial charge in [-0.1, -0.05) is 36.4 Å². The molecule has 1 aliphatic heterocycles. The fourth-order valence-electron chi connectivity index (χ4n) is 4.38. The molecule has 1 aliphatic rings. The molecule has 0 saturated carbocycles. The Morgan fingerprint density at radius 2 is 1.83 bits per heavy atom. The fourth-order valence-corrected chi connectivity index (χ4v) is 4.38. The monoisotopic (exact) mass is 500 g/mol. The van der Waals surface area contributed by atoms with Gasteiger partial charge in [-0.2, -0.15) is 18.3 Å². The molecule has 0 saturated heterocycles. The Kier molecular flexibility index (Phi) is 7.01. The van der Waals surface area contributed by atoms with Gasteiger partial charge in [0.05, 0.1) is 25.3 Å². The van der Waals surface area contributed by atoms with Crippen LogP contribution in [0.1, 0.15) is 29.5 Å². The molecule has 4 rings (SSSR count). The average molecular weight is 500 g/mol. The van der Waals surface area contributed by atoms with Gasteiger partial charge in [0.25, 0.3) is 0 Å². The first-order valence-corrected chi connectivity index (χ1v) is 11.2. The van der Waals surface area contributed by atoms with Crippen LogP contribution in [0, 0.1) is 12.7 Å².